The molecule has 0 aliphatic carbocycles. The highest BCUT2D eigenvalue weighted by Crippen LogP contribution is 2.17. The Labute approximate surface area is 134 Å². The number of aliphatic hydroxyl groups is 1. The summed E-state index contributed by atoms with van der Waals surface area (Å²) < 4.78 is 0. The van der Waals surface area contributed by atoms with E-state index in [4.69, 9.17) is 21.1 Å². The van der Waals surface area contributed by atoms with Crippen molar-refractivity contribution in [2.24, 2.45) is 5.73 Å². The van der Waals surface area contributed by atoms with Crippen LogP contribution >= 0.6 is 0 Å². The summed E-state index contributed by atoms with van der Waals surface area (Å²) >= 11 is 0. The summed E-state index contributed by atoms with van der Waals surface area (Å²) in [5.41, 5.74) is 4.49. The number of hydroxylamine groups is 2. The predicted molar refractivity (Wildman–Crippen MR) is 80.9 cm³/mol. The smallest absolute Gasteiger partial charge is 0.334 e. The molecule has 0 saturated heterocycles. The molecule has 0 aliphatic rings. The van der Waals surface area contributed by atoms with Crippen LogP contribution in [-0.4, -0.2) is 68.6 Å². The zero-order valence-electron chi connectivity index (χ0n) is 13.7. The summed E-state index contributed by atoms with van der Waals surface area (Å²) in [5.74, 6) is -2.14. The Morgan fingerprint density at radius 2 is 2.00 bits per heavy atom. The lowest BCUT2D eigenvalue weighted by Crippen LogP contribution is -2.48. The molecule has 0 fully saturated rings. The van der Waals surface area contributed by atoms with Crippen molar-refractivity contribution in [3.05, 3.63) is 10.1 Å². The average molecular weight is 335 g/mol. The lowest BCUT2D eigenvalue weighted by molar-refractivity contribution is -0.629. The number of hydrogen-bond acceptors (Lipinski definition) is 7. The van der Waals surface area contributed by atoms with Crippen LogP contribution in [0.3, 0.4) is 0 Å². The van der Waals surface area contributed by atoms with Gasteiger partial charge in [0.2, 0.25) is 0 Å². The number of hydrazine groups is 1. The maximum Gasteiger partial charge on any atom is 0.334 e. The van der Waals surface area contributed by atoms with Crippen molar-refractivity contribution in [3.8, 4) is 0 Å². The van der Waals surface area contributed by atoms with Crippen LogP contribution in [0.4, 0.5) is 0 Å². The van der Waals surface area contributed by atoms with Crippen LogP contribution < -0.4 is 5.73 Å². The number of nitro groups is 1. The normalized spacial score (nSPS) is 14.3. The van der Waals surface area contributed by atoms with E-state index in [2.05, 4.69) is 0 Å². The third-order valence-electron chi connectivity index (χ3n) is 2.85. The highest BCUT2D eigenvalue weighted by Gasteiger charge is 2.32. The van der Waals surface area contributed by atoms with Crippen molar-refractivity contribution in [1.82, 2.24) is 10.1 Å². The number of rotatable bonds is 9. The first kappa shape index (κ1) is 21.0. The second kappa shape index (κ2) is 8.60. The Kier molecular flexibility index (Phi) is 7.86. The Morgan fingerprint density at radius 3 is 2.35 bits per heavy atom. The molecule has 1 unspecified atom stereocenters. The van der Waals surface area contributed by atoms with E-state index < -0.39 is 34.7 Å². The number of nitrogens with one attached hydrogen (secondary N) is 1. The Morgan fingerprint density at radius 1 is 1.48 bits per heavy atom. The fourth-order valence-electron chi connectivity index (χ4n) is 1.94. The van der Waals surface area contributed by atoms with Crippen LogP contribution in [0.15, 0.2) is 0 Å². The van der Waals surface area contributed by atoms with Gasteiger partial charge < -0.3 is 15.9 Å². The van der Waals surface area contributed by atoms with Gasteiger partial charge in [0.05, 0.1) is 18.2 Å². The first-order valence-corrected chi connectivity index (χ1v) is 6.95. The number of likely N-dealkylation sites (N-methyl/N-ethyl adjacent to an activating group) is 1. The molecule has 0 aromatic rings. The summed E-state index contributed by atoms with van der Waals surface area (Å²) in [6.45, 7) is 5.10. The second-order valence-corrected chi connectivity index (χ2v) is 5.99. The first-order chi connectivity index (χ1) is 10.4. The highest BCUT2D eigenvalue weighted by molar-refractivity contribution is 5.73. The third kappa shape index (κ3) is 7.72. The summed E-state index contributed by atoms with van der Waals surface area (Å²) in [6.07, 6.45) is -1.49. The van der Waals surface area contributed by atoms with Gasteiger partial charge in [-0.25, -0.2) is 14.9 Å². The van der Waals surface area contributed by atoms with Gasteiger partial charge in [0.25, 0.3) is 5.96 Å². The van der Waals surface area contributed by atoms with Gasteiger partial charge in [0.15, 0.2) is 11.1 Å². The monoisotopic (exact) mass is 335 g/mol. The molecule has 23 heavy (non-hydrogen) atoms. The maximum absolute atomic E-state index is 11.0. The number of nitrogens with zero attached hydrogens (tertiary/aromatic N) is 3. The van der Waals surface area contributed by atoms with Gasteiger partial charge in [-0.2, -0.15) is 5.06 Å². The van der Waals surface area contributed by atoms with E-state index >= 15 is 0 Å². The quantitative estimate of drug-likeness (QED) is 0.190. The zero-order valence-corrected chi connectivity index (χ0v) is 13.7. The molecule has 0 amide bonds. The van der Waals surface area contributed by atoms with Crippen molar-refractivity contribution in [2.75, 3.05) is 13.6 Å². The molecule has 0 saturated carbocycles. The summed E-state index contributed by atoms with van der Waals surface area (Å²) in [6, 6.07) is -0.910. The van der Waals surface area contributed by atoms with E-state index in [-0.39, 0.29) is 19.4 Å². The fourth-order valence-corrected chi connectivity index (χ4v) is 1.94. The van der Waals surface area contributed by atoms with E-state index in [1.807, 2.05) is 0 Å². The largest absolute Gasteiger partial charge is 0.479 e. The van der Waals surface area contributed by atoms with Crippen LogP contribution in [0.25, 0.3) is 0 Å². The molecule has 0 aromatic carbocycles. The summed E-state index contributed by atoms with van der Waals surface area (Å²) in [7, 11) is 1.48. The molecule has 0 bridgehead atoms. The number of aliphatic carboxylic acids is 1. The molecule has 0 radical (unpaired) electrons. The lowest BCUT2D eigenvalue weighted by atomic mass is 10.1. The van der Waals surface area contributed by atoms with E-state index in [0.29, 0.717) is 5.01 Å². The molecule has 11 heteroatoms. The van der Waals surface area contributed by atoms with Crippen LogP contribution in [0.5, 0.6) is 0 Å². The molecule has 0 rings (SSSR count). The second-order valence-electron chi connectivity index (χ2n) is 5.99. The van der Waals surface area contributed by atoms with E-state index in [9.17, 15) is 20.0 Å². The number of hydrogen-bond donors (Lipinski definition) is 4. The average Bonchev–Trinajstić information content (AvgIpc) is 2.34. The number of aliphatic hydroxyl groups excluding tert-OH is 1. The minimum Gasteiger partial charge on any atom is -0.479 e. The van der Waals surface area contributed by atoms with Gasteiger partial charge >= 0.3 is 5.97 Å². The molecule has 134 valence electrons. The minimum atomic E-state index is -1.72. The Bertz CT molecular complexity index is 424. The zero-order chi connectivity index (χ0) is 18.4. The third-order valence-corrected chi connectivity index (χ3v) is 2.85. The van der Waals surface area contributed by atoms with Crippen molar-refractivity contribution >= 4 is 11.9 Å². The van der Waals surface area contributed by atoms with Crippen LogP contribution in [0.1, 0.15) is 33.6 Å². The van der Waals surface area contributed by atoms with E-state index in [1.54, 1.807) is 20.8 Å². The summed E-state index contributed by atoms with van der Waals surface area (Å²) in [5, 5.41) is 37.5. The molecule has 0 aliphatic heterocycles. The molecule has 2 atom stereocenters. The molecule has 5 N–H and O–H groups in total. The maximum atomic E-state index is 11.0. The van der Waals surface area contributed by atoms with Crippen LogP contribution in [0, 0.1) is 15.5 Å². The standard InChI is InChI=1S/C12H25N5O6/c1-12(2,3)23-15(4)8(9(18)10(19)20)6-5-7-16(11(13)14)17(21)22/h8-9,18H,5-7H2,1-4H3,(H3,13,14)(H,19,20)/t8-,9?/m0/s1. The number of carboxylic acid groups (broad SMARTS) is 1. The SMILES string of the molecule is CN(OC(C)(C)C)[C@@H](CCCN(C(=N)N)[N+](=O)[O-])C(O)C(=O)O. The number of carboxylic acids is 1. The fraction of sp³-hybridized carbons (Fsp3) is 0.833. The van der Waals surface area contributed by atoms with Gasteiger partial charge in [-0.15, -0.1) is 0 Å². The molecule has 0 heterocycles. The predicted octanol–water partition coefficient (Wildman–Crippen LogP) is -0.370. The van der Waals surface area contributed by atoms with Gasteiger partial charge in [0, 0.05) is 7.05 Å². The van der Waals surface area contributed by atoms with Gasteiger partial charge in [-0.1, -0.05) is 5.01 Å². The Balaban J connectivity index is 4.87. The van der Waals surface area contributed by atoms with Gasteiger partial charge in [-0.3, -0.25) is 10.2 Å². The molecule has 0 spiro atoms. The number of carbonyl (C=O) groups is 1. The lowest BCUT2D eigenvalue weighted by Gasteiger charge is -2.34. The molecule has 11 nitrogen and oxygen atoms in total. The number of guanidine groups is 1. The van der Waals surface area contributed by atoms with Gasteiger partial charge in [-0.05, 0) is 33.6 Å². The van der Waals surface area contributed by atoms with Crippen molar-refractivity contribution < 1.29 is 24.9 Å². The van der Waals surface area contributed by atoms with Crippen molar-refractivity contribution in [1.29, 1.82) is 5.41 Å². The highest BCUT2D eigenvalue weighted by atomic mass is 16.7. The Hall–Kier alpha value is -1.98. The molecule has 0 aromatic heterocycles. The van der Waals surface area contributed by atoms with Crippen molar-refractivity contribution in [3.63, 3.8) is 0 Å². The topological polar surface area (TPSA) is 166 Å². The number of nitrogens with two attached hydrogens (primary N) is 1. The van der Waals surface area contributed by atoms with Crippen molar-refractivity contribution in [2.45, 2.75) is 51.4 Å². The van der Waals surface area contributed by atoms with E-state index in [0.717, 1.165) is 0 Å². The molecular weight excluding hydrogens is 310 g/mol. The van der Waals surface area contributed by atoms with Crippen LogP contribution in [0.2, 0.25) is 0 Å². The van der Waals surface area contributed by atoms with E-state index in [1.165, 1.54) is 12.1 Å². The molecular formula is C12H25N5O6. The summed E-state index contributed by atoms with van der Waals surface area (Å²) in [4.78, 5) is 27.3. The van der Waals surface area contributed by atoms with Crippen LogP contribution in [-0.2, 0) is 9.63 Å². The first-order valence-electron chi connectivity index (χ1n) is 6.95. The van der Waals surface area contributed by atoms with Gasteiger partial charge in [0.1, 0.15) is 0 Å². The minimum absolute atomic E-state index is 0.0949.